The average molecular weight is 314 g/mol. The molecule has 22 heavy (non-hydrogen) atoms. The molecule has 3 nitrogen and oxygen atoms in total. The van der Waals surface area contributed by atoms with Crippen molar-refractivity contribution in [2.24, 2.45) is 0 Å². The van der Waals surface area contributed by atoms with Gasteiger partial charge >= 0.3 is 0 Å². The number of hydrogen-bond acceptors (Lipinski definition) is 3. The summed E-state index contributed by atoms with van der Waals surface area (Å²) in [7, 11) is 1.88. The average Bonchev–Trinajstić information content (AvgIpc) is 3.07. The fraction of sp³-hybridized carbons (Fsp3) is 0.389. The standard InChI is InChI=1S/C18H22N2OS/c1-11(2)12-7-9-13(10-8-12)20-17(21)16-14-5-4-6-15(14)22-18(16)19-3/h7-11,19H,4-6H2,1-3H3,(H,20,21). The van der Waals surface area contributed by atoms with Crippen LogP contribution in [0.5, 0.6) is 0 Å². The third kappa shape index (κ3) is 2.75. The lowest BCUT2D eigenvalue weighted by molar-refractivity contribution is 0.102. The fourth-order valence-corrected chi connectivity index (χ4v) is 4.21. The van der Waals surface area contributed by atoms with Gasteiger partial charge < -0.3 is 10.6 Å². The Hall–Kier alpha value is -1.81. The molecule has 4 heteroatoms. The summed E-state index contributed by atoms with van der Waals surface area (Å²) < 4.78 is 0. The topological polar surface area (TPSA) is 41.1 Å². The molecule has 1 amide bonds. The van der Waals surface area contributed by atoms with Gasteiger partial charge in [0.15, 0.2) is 0 Å². The molecule has 2 aromatic rings. The highest BCUT2D eigenvalue weighted by Gasteiger charge is 2.26. The van der Waals surface area contributed by atoms with Crippen LogP contribution in [0.3, 0.4) is 0 Å². The smallest absolute Gasteiger partial charge is 0.258 e. The van der Waals surface area contributed by atoms with E-state index in [2.05, 4.69) is 36.6 Å². The SMILES string of the molecule is CNc1sc2c(c1C(=O)Nc1ccc(C(C)C)cc1)CCC2. The molecule has 0 saturated heterocycles. The van der Waals surface area contributed by atoms with E-state index in [1.165, 1.54) is 16.0 Å². The van der Waals surface area contributed by atoms with Crippen molar-refractivity contribution >= 4 is 27.9 Å². The molecule has 0 radical (unpaired) electrons. The zero-order valence-electron chi connectivity index (χ0n) is 13.3. The van der Waals surface area contributed by atoms with Gasteiger partial charge in [-0.1, -0.05) is 26.0 Å². The molecule has 0 spiro atoms. The van der Waals surface area contributed by atoms with Crippen LogP contribution in [0.1, 0.15) is 52.5 Å². The number of thiophene rings is 1. The minimum atomic E-state index is 0.000969. The molecule has 0 fully saturated rings. The largest absolute Gasteiger partial charge is 0.379 e. The van der Waals surface area contributed by atoms with Gasteiger partial charge in [-0.05, 0) is 48.4 Å². The Bertz CT molecular complexity index is 686. The van der Waals surface area contributed by atoms with E-state index in [4.69, 9.17) is 0 Å². The van der Waals surface area contributed by atoms with Crippen LogP contribution >= 0.6 is 11.3 Å². The van der Waals surface area contributed by atoms with Gasteiger partial charge in [-0.2, -0.15) is 0 Å². The molecule has 0 atom stereocenters. The Kier molecular flexibility index (Phi) is 4.21. The maximum atomic E-state index is 12.7. The van der Waals surface area contributed by atoms with Gasteiger partial charge in [-0.15, -0.1) is 11.3 Å². The summed E-state index contributed by atoms with van der Waals surface area (Å²) in [5.74, 6) is 0.502. The van der Waals surface area contributed by atoms with Crippen molar-refractivity contribution in [3.05, 3.63) is 45.8 Å². The lowest BCUT2D eigenvalue weighted by Crippen LogP contribution is -2.14. The van der Waals surface area contributed by atoms with Gasteiger partial charge in [0, 0.05) is 17.6 Å². The van der Waals surface area contributed by atoms with Gasteiger partial charge in [0.1, 0.15) is 5.00 Å². The number of fused-ring (bicyclic) bond motifs is 1. The summed E-state index contributed by atoms with van der Waals surface area (Å²) in [6.07, 6.45) is 3.28. The van der Waals surface area contributed by atoms with Crippen LogP contribution in [-0.4, -0.2) is 13.0 Å². The van der Waals surface area contributed by atoms with Crippen molar-refractivity contribution in [2.45, 2.75) is 39.0 Å². The Balaban J connectivity index is 1.83. The summed E-state index contributed by atoms with van der Waals surface area (Å²) in [5, 5.41) is 7.20. The molecule has 3 rings (SSSR count). The number of nitrogens with one attached hydrogen (secondary N) is 2. The van der Waals surface area contributed by atoms with Crippen molar-refractivity contribution in [1.82, 2.24) is 0 Å². The molecule has 1 aromatic carbocycles. The highest BCUT2D eigenvalue weighted by Crippen LogP contribution is 2.39. The molecular weight excluding hydrogens is 292 g/mol. The van der Waals surface area contributed by atoms with E-state index in [1.807, 2.05) is 19.2 Å². The second-order valence-electron chi connectivity index (χ2n) is 6.04. The van der Waals surface area contributed by atoms with Gasteiger partial charge in [0.25, 0.3) is 5.91 Å². The van der Waals surface area contributed by atoms with E-state index < -0.39 is 0 Å². The number of anilines is 2. The maximum absolute atomic E-state index is 12.7. The lowest BCUT2D eigenvalue weighted by Gasteiger charge is -2.10. The number of carbonyl (C=O) groups is 1. The Morgan fingerprint density at radius 2 is 1.91 bits per heavy atom. The summed E-state index contributed by atoms with van der Waals surface area (Å²) in [4.78, 5) is 14.1. The Morgan fingerprint density at radius 3 is 2.55 bits per heavy atom. The molecule has 0 unspecified atom stereocenters. The highest BCUT2D eigenvalue weighted by molar-refractivity contribution is 7.16. The normalized spacial score (nSPS) is 13.3. The van der Waals surface area contributed by atoms with E-state index in [1.54, 1.807) is 11.3 Å². The van der Waals surface area contributed by atoms with Crippen LogP contribution in [0, 0.1) is 0 Å². The van der Waals surface area contributed by atoms with Crippen molar-refractivity contribution < 1.29 is 4.79 Å². The second-order valence-corrected chi connectivity index (χ2v) is 7.15. The summed E-state index contributed by atoms with van der Waals surface area (Å²) >= 11 is 1.72. The quantitative estimate of drug-likeness (QED) is 0.862. The zero-order chi connectivity index (χ0) is 15.7. The van der Waals surface area contributed by atoms with Crippen molar-refractivity contribution in [3.63, 3.8) is 0 Å². The molecule has 1 aliphatic rings. The second kappa shape index (κ2) is 6.13. The van der Waals surface area contributed by atoms with Crippen LogP contribution in [0.4, 0.5) is 10.7 Å². The van der Waals surface area contributed by atoms with Gasteiger partial charge in [-0.3, -0.25) is 4.79 Å². The molecule has 1 heterocycles. The summed E-state index contributed by atoms with van der Waals surface area (Å²) in [5.41, 5.74) is 4.22. The molecule has 116 valence electrons. The van der Waals surface area contributed by atoms with Crippen LogP contribution in [0.15, 0.2) is 24.3 Å². The first-order valence-corrected chi connectivity index (χ1v) is 8.65. The molecular formula is C18H22N2OS. The predicted molar refractivity (Wildman–Crippen MR) is 94.4 cm³/mol. The van der Waals surface area contributed by atoms with Gasteiger partial charge in [0.2, 0.25) is 0 Å². The number of carbonyl (C=O) groups excluding carboxylic acids is 1. The minimum absolute atomic E-state index is 0.000969. The minimum Gasteiger partial charge on any atom is -0.379 e. The molecule has 2 N–H and O–H groups in total. The fourth-order valence-electron chi connectivity index (χ4n) is 2.97. The third-order valence-corrected chi connectivity index (χ3v) is 5.52. The first-order valence-electron chi connectivity index (χ1n) is 7.83. The molecule has 0 saturated carbocycles. The molecule has 0 bridgehead atoms. The molecule has 1 aromatic heterocycles. The van der Waals surface area contributed by atoms with Gasteiger partial charge in [0.05, 0.1) is 5.56 Å². The number of aryl methyl sites for hydroxylation is 1. The van der Waals surface area contributed by atoms with Crippen LogP contribution in [0.25, 0.3) is 0 Å². The lowest BCUT2D eigenvalue weighted by atomic mass is 10.0. The van der Waals surface area contributed by atoms with E-state index in [0.29, 0.717) is 5.92 Å². The third-order valence-electron chi connectivity index (χ3n) is 4.21. The highest BCUT2D eigenvalue weighted by atomic mass is 32.1. The van der Waals surface area contributed by atoms with Crippen LogP contribution in [0.2, 0.25) is 0 Å². The number of benzene rings is 1. The van der Waals surface area contributed by atoms with Crippen molar-refractivity contribution in [1.29, 1.82) is 0 Å². The summed E-state index contributed by atoms with van der Waals surface area (Å²) in [6, 6.07) is 8.13. The van der Waals surface area contributed by atoms with E-state index in [0.717, 1.165) is 35.5 Å². The molecule has 1 aliphatic carbocycles. The molecule has 0 aliphatic heterocycles. The Labute approximate surface area is 135 Å². The monoisotopic (exact) mass is 314 g/mol. The number of amides is 1. The predicted octanol–water partition coefficient (Wildman–Crippen LogP) is 4.65. The van der Waals surface area contributed by atoms with Gasteiger partial charge in [-0.25, -0.2) is 0 Å². The van der Waals surface area contributed by atoms with Crippen LogP contribution in [-0.2, 0) is 12.8 Å². The number of hydrogen-bond donors (Lipinski definition) is 2. The van der Waals surface area contributed by atoms with Crippen LogP contribution < -0.4 is 10.6 Å². The van der Waals surface area contributed by atoms with E-state index in [-0.39, 0.29) is 5.91 Å². The number of rotatable bonds is 4. The first kappa shape index (κ1) is 15.1. The maximum Gasteiger partial charge on any atom is 0.258 e. The summed E-state index contributed by atoms with van der Waals surface area (Å²) in [6.45, 7) is 4.34. The zero-order valence-corrected chi connectivity index (χ0v) is 14.1. The van der Waals surface area contributed by atoms with E-state index in [9.17, 15) is 4.79 Å². The van der Waals surface area contributed by atoms with Crippen molar-refractivity contribution in [3.8, 4) is 0 Å². The first-order chi connectivity index (χ1) is 10.6. The Morgan fingerprint density at radius 1 is 1.18 bits per heavy atom. The van der Waals surface area contributed by atoms with Crippen molar-refractivity contribution in [2.75, 3.05) is 17.7 Å². The van der Waals surface area contributed by atoms with E-state index >= 15 is 0 Å².